The van der Waals surface area contributed by atoms with E-state index in [2.05, 4.69) is 41.9 Å². The first kappa shape index (κ1) is 21.2. The number of aromatic nitrogens is 2. The van der Waals surface area contributed by atoms with Crippen molar-refractivity contribution in [2.24, 2.45) is 5.10 Å². The summed E-state index contributed by atoms with van der Waals surface area (Å²) in [5.74, 6) is 0.201. The molecule has 4 rings (SSSR count). The van der Waals surface area contributed by atoms with Gasteiger partial charge in [-0.25, -0.2) is 9.18 Å². The number of halogens is 3. The van der Waals surface area contributed by atoms with Gasteiger partial charge < -0.3 is 9.72 Å². The third-order valence-corrected chi connectivity index (χ3v) is 5.58. The Kier molecular flexibility index (Phi) is 6.15. The van der Waals surface area contributed by atoms with E-state index in [0.29, 0.717) is 36.7 Å². The molecule has 156 valence electrons. The van der Waals surface area contributed by atoms with Crippen LogP contribution in [0.4, 0.5) is 4.39 Å². The van der Waals surface area contributed by atoms with Crippen LogP contribution in [0.5, 0.6) is 5.75 Å². The Labute approximate surface area is 192 Å². The first-order valence-electron chi connectivity index (χ1n) is 9.07. The highest BCUT2D eigenvalue weighted by atomic mass is 79.9. The summed E-state index contributed by atoms with van der Waals surface area (Å²) in [7, 11) is 0. The van der Waals surface area contributed by atoms with E-state index in [0.717, 1.165) is 4.68 Å². The Morgan fingerprint density at radius 3 is 2.52 bits per heavy atom. The van der Waals surface area contributed by atoms with Gasteiger partial charge in [-0.05, 0) is 79.4 Å². The number of nitrogens with one attached hydrogen (secondary N) is 1. The fourth-order valence-electron chi connectivity index (χ4n) is 2.96. The Morgan fingerprint density at radius 2 is 1.77 bits per heavy atom. The van der Waals surface area contributed by atoms with Crippen molar-refractivity contribution in [1.82, 2.24) is 9.66 Å². The van der Waals surface area contributed by atoms with E-state index >= 15 is 0 Å². The van der Waals surface area contributed by atoms with Crippen molar-refractivity contribution in [3.8, 4) is 5.75 Å². The zero-order valence-electron chi connectivity index (χ0n) is 15.8. The van der Waals surface area contributed by atoms with Gasteiger partial charge >= 0.3 is 5.69 Å². The first-order chi connectivity index (χ1) is 14.9. The van der Waals surface area contributed by atoms with Crippen molar-refractivity contribution in [2.75, 3.05) is 0 Å². The SMILES string of the molecule is O=c1[nH]c2ccccc2c(=O)n1N=Cc1cc(Br)c(OCc2cccc(F)c2)c(Br)c1. The molecule has 3 aromatic carbocycles. The third kappa shape index (κ3) is 4.67. The molecule has 9 heteroatoms. The number of fused-ring (bicyclic) bond motifs is 1. The van der Waals surface area contributed by atoms with Crippen molar-refractivity contribution in [2.45, 2.75) is 6.61 Å². The molecule has 0 fully saturated rings. The molecule has 0 aliphatic carbocycles. The Hall–Kier alpha value is -3.04. The standard InChI is InChI=1S/C22H14Br2FN3O3/c23-17-9-14(10-18(24)20(17)31-12-13-4-3-5-15(25)8-13)11-26-28-21(29)16-6-1-2-7-19(16)27-22(28)30/h1-11H,12H2,(H,27,30). The van der Waals surface area contributed by atoms with Crippen LogP contribution in [0.3, 0.4) is 0 Å². The first-order valence-corrected chi connectivity index (χ1v) is 10.7. The lowest BCUT2D eigenvalue weighted by atomic mass is 10.2. The predicted octanol–water partition coefficient (Wildman–Crippen LogP) is 4.82. The normalized spacial score (nSPS) is 11.3. The monoisotopic (exact) mass is 545 g/mol. The van der Waals surface area contributed by atoms with Crippen LogP contribution in [0.25, 0.3) is 10.9 Å². The van der Waals surface area contributed by atoms with E-state index in [-0.39, 0.29) is 12.4 Å². The number of H-pyrrole nitrogens is 1. The molecule has 1 heterocycles. The van der Waals surface area contributed by atoms with Crippen molar-refractivity contribution in [3.63, 3.8) is 0 Å². The summed E-state index contributed by atoms with van der Waals surface area (Å²) in [5.41, 5.74) is 0.627. The van der Waals surface area contributed by atoms with Crippen LogP contribution in [-0.2, 0) is 6.61 Å². The Bertz CT molecular complexity index is 1410. The van der Waals surface area contributed by atoms with Gasteiger partial charge in [0.1, 0.15) is 18.2 Å². The number of ether oxygens (including phenoxy) is 1. The zero-order valence-corrected chi connectivity index (χ0v) is 19.0. The summed E-state index contributed by atoms with van der Waals surface area (Å²) in [6.45, 7) is 0.185. The average molecular weight is 547 g/mol. The van der Waals surface area contributed by atoms with E-state index in [9.17, 15) is 14.0 Å². The number of rotatable bonds is 5. The second-order valence-corrected chi connectivity index (χ2v) is 8.28. The van der Waals surface area contributed by atoms with Crippen LogP contribution in [0.1, 0.15) is 11.1 Å². The molecule has 31 heavy (non-hydrogen) atoms. The number of aromatic amines is 1. The minimum absolute atomic E-state index is 0.185. The quantitative estimate of drug-likeness (QED) is 0.365. The lowest BCUT2D eigenvalue weighted by Crippen LogP contribution is -2.32. The minimum Gasteiger partial charge on any atom is -0.487 e. The smallest absolute Gasteiger partial charge is 0.349 e. The molecule has 0 spiro atoms. The molecule has 0 unspecified atom stereocenters. The molecule has 0 aliphatic rings. The summed E-state index contributed by atoms with van der Waals surface area (Å²) >= 11 is 6.89. The highest BCUT2D eigenvalue weighted by Gasteiger charge is 2.10. The molecule has 4 aromatic rings. The fourth-order valence-corrected chi connectivity index (χ4v) is 4.41. The fraction of sp³-hybridized carbons (Fsp3) is 0.0455. The van der Waals surface area contributed by atoms with Crippen LogP contribution < -0.4 is 16.0 Å². The Balaban J connectivity index is 1.60. The van der Waals surface area contributed by atoms with Gasteiger partial charge in [0.05, 0.1) is 26.1 Å². The van der Waals surface area contributed by atoms with Gasteiger partial charge in [0.25, 0.3) is 5.56 Å². The lowest BCUT2D eigenvalue weighted by Gasteiger charge is -2.11. The molecule has 0 atom stereocenters. The van der Waals surface area contributed by atoms with Crippen molar-refractivity contribution < 1.29 is 9.13 Å². The van der Waals surface area contributed by atoms with Gasteiger partial charge in [0.15, 0.2) is 0 Å². The molecule has 6 nitrogen and oxygen atoms in total. The van der Waals surface area contributed by atoms with E-state index < -0.39 is 11.2 Å². The van der Waals surface area contributed by atoms with E-state index in [4.69, 9.17) is 4.74 Å². The van der Waals surface area contributed by atoms with Gasteiger partial charge in [-0.2, -0.15) is 5.10 Å². The highest BCUT2D eigenvalue weighted by molar-refractivity contribution is 9.11. The second kappa shape index (κ2) is 8.99. The summed E-state index contributed by atoms with van der Waals surface area (Å²) in [6.07, 6.45) is 1.40. The summed E-state index contributed by atoms with van der Waals surface area (Å²) < 4.78 is 21.2. The van der Waals surface area contributed by atoms with Crippen LogP contribution >= 0.6 is 31.9 Å². The summed E-state index contributed by atoms with van der Waals surface area (Å²) in [5, 5.41) is 4.42. The summed E-state index contributed by atoms with van der Waals surface area (Å²) in [4.78, 5) is 27.4. The summed E-state index contributed by atoms with van der Waals surface area (Å²) in [6, 6.07) is 16.4. The number of hydrogen-bond donors (Lipinski definition) is 1. The molecule has 1 N–H and O–H groups in total. The van der Waals surface area contributed by atoms with Crippen molar-refractivity contribution in [1.29, 1.82) is 0 Å². The van der Waals surface area contributed by atoms with Crippen LogP contribution in [0, 0.1) is 5.82 Å². The molecule has 0 amide bonds. The van der Waals surface area contributed by atoms with Gasteiger partial charge in [-0.15, -0.1) is 4.68 Å². The number of hydrogen-bond acceptors (Lipinski definition) is 4. The van der Waals surface area contributed by atoms with Gasteiger partial charge in [0, 0.05) is 0 Å². The number of para-hydroxylation sites is 1. The average Bonchev–Trinajstić information content (AvgIpc) is 2.73. The molecule has 0 saturated carbocycles. The van der Waals surface area contributed by atoms with Gasteiger partial charge in [-0.1, -0.05) is 24.3 Å². The number of nitrogens with zero attached hydrogens (tertiary/aromatic N) is 2. The maximum Gasteiger partial charge on any atom is 0.349 e. The van der Waals surface area contributed by atoms with E-state index in [1.807, 2.05) is 0 Å². The highest BCUT2D eigenvalue weighted by Crippen LogP contribution is 2.35. The maximum atomic E-state index is 13.3. The molecular formula is C22H14Br2FN3O3. The third-order valence-electron chi connectivity index (χ3n) is 4.40. The van der Waals surface area contributed by atoms with Crippen molar-refractivity contribution in [3.05, 3.63) is 107 Å². The molecule has 0 bridgehead atoms. The second-order valence-electron chi connectivity index (χ2n) is 6.57. The molecule has 0 saturated heterocycles. The predicted molar refractivity (Wildman–Crippen MR) is 124 cm³/mol. The van der Waals surface area contributed by atoms with Crippen LogP contribution in [0.2, 0.25) is 0 Å². The van der Waals surface area contributed by atoms with Gasteiger partial charge in [0.2, 0.25) is 0 Å². The van der Waals surface area contributed by atoms with E-state index in [1.54, 1.807) is 48.5 Å². The minimum atomic E-state index is -0.631. The molecule has 0 aliphatic heterocycles. The van der Waals surface area contributed by atoms with Crippen LogP contribution in [-0.4, -0.2) is 15.9 Å². The lowest BCUT2D eigenvalue weighted by molar-refractivity contribution is 0.301. The topological polar surface area (TPSA) is 76.5 Å². The van der Waals surface area contributed by atoms with E-state index in [1.165, 1.54) is 18.3 Å². The Morgan fingerprint density at radius 1 is 1.03 bits per heavy atom. The van der Waals surface area contributed by atoms with Crippen molar-refractivity contribution >= 4 is 49.0 Å². The largest absolute Gasteiger partial charge is 0.487 e. The van der Waals surface area contributed by atoms with Crippen LogP contribution in [0.15, 0.2) is 84.3 Å². The molecule has 0 radical (unpaired) electrons. The number of benzene rings is 3. The molecular weight excluding hydrogens is 533 g/mol. The molecule has 1 aromatic heterocycles. The zero-order chi connectivity index (χ0) is 22.0. The van der Waals surface area contributed by atoms with Gasteiger partial charge in [-0.3, -0.25) is 4.79 Å². The maximum absolute atomic E-state index is 13.3.